The lowest BCUT2D eigenvalue weighted by atomic mass is 9.90. The minimum absolute atomic E-state index is 0.112. The Balaban J connectivity index is 1.14. The number of nitrogens with zero attached hydrogens (tertiary/aromatic N) is 1. The van der Waals surface area contributed by atoms with Crippen molar-refractivity contribution in [2.45, 2.75) is 76.2 Å². The monoisotopic (exact) mass is 410 g/mol. The Hall–Kier alpha value is -2.25. The maximum atomic E-state index is 12.8. The number of imide groups is 1. The first-order valence-electron chi connectivity index (χ1n) is 11.3. The quantitative estimate of drug-likeness (QED) is 0.488. The molecule has 0 spiro atoms. The molecule has 1 aromatic rings. The van der Waals surface area contributed by atoms with Gasteiger partial charge in [-0.3, -0.25) is 19.7 Å². The molecule has 5 rings (SSSR count). The van der Waals surface area contributed by atoms with Crippen LogP contribution in [0.25, 0.3) is 0 Å². The molecule has 3 fully saturated rings. The number of hydrogen-bond donors (Lipinski definition) is 3. The van der Waals surface area contributed by atoms with Crippen LogP contribution in [0.3, 0.4) is 0 Å². The van der Waals surface area contributed by atoms with Gasteiger partial charge in [0.25, 0.3) is 5.91 Å². The number of amides is 3. The molecule has 160 valence electrons. The average Bonchev–Trinajstić information content (AvgIpc) is 3.24. The molecule has 30 heavy (non-hydrogen) atoms. The Morgan fingerprint density at radius 2 is 1.87 bits per heavy atom. The second-order valence-electron chi connectivity index (χ2n) is 9.33. The van der Waals surface area contributed by atoms with Crippen molar-refractivity contribution in [3.05, 3.63) is 34.9 Å². The van der Waals surface area contributed by atoms with Gasteiger partial charge >= 0.3 is 0 Å². The summed E-state index contributed by atoms with van der Waals surface area (Å²) in [5.41, 5.74) is 2.81. The smallest absolute Gasteiger partial charge is 0.255 e. The second-order valence-corrected chi connectivity index (χ2v) is 9.33. The lowest BCUT2D eigenvalue weighted by Crippen LogP contribution is -2.52. The number of carbonyl (C=O) groups is 3. The Kier molecular flexibility index (Phi) is 5.33. The molecule has 1 aromatic carbocycles. The third kappa shape index (κ3) is 3.88. The summed E-state index contributed by atoms with van der Waals surface area (Å²) in [7, 11) is 0. The van der Waals surface area contributed by atoms with Crippen molar-refractivity contribution in [2.75, 3.05) is 6.54 Å². The SMILES string of the molecule is O=C1CCC(N2Cc3cc(CNCCC4CC5CCC(C4)N5)ccc3C2=O)C(=O)N1. The summed E-state index contributed by atoms with van der Waals surface area (Å²) in [6.45, 7) is 2.24. The van der Waals surface area contributed by atoms with Crippen molar-refractivity contribution in [3.63, 3.8) is 0 Å². The molecule has 3 atom stereocenters. The van der Waals surface area contributed by atoms with Gasteiger partial charge in [0.2, 0.25) is 11.8 Å². The molecule has 0 saturated carbocycles. The van der Waals surface area contributed by atoms with Crippen LogP contribution in [0.4, 0.5) is 0 Å². The molecule has 4 heterocycles. The topological polar surface area (TPSA) is 90.5 Å². The van der Waals surface area contributed by atoms with Crippen LogP contribution in [0.5, 0.6) is 0 Å². The Morgan fingerprint density at radius 3 is 2.63 bits per heavy atom. The van der Waals surface area contributed by atoms with Crippen molar-refractivity contribution in [2.24, 2.45) is 5.92 Å². The molecular weight excluding hydrogens is 380 g/mol. The Bertz CT molecular complexity index is 858. The fourth-order valence-electron chi connectivity index (χ4n) is 5.69. The van der Waals surface area contributed by atoms with Gasteiger partial charge in [-0.1, -0.05) is 12.1 Å². The zero-order chi connectivity index (χ0) is 20.7. The summed E-state index contributed by atoms with van der Waals surface area (Å²) in [5.74, 6) is 0.0991. The van der Waals surface area contributed by atoms with E-state index in [4.69, 9.17) is 0 Å². The summed E-state index contributed by atoms with van der Waals surface area (Å²) in [4.78, 5) is 37.9. The predicted molar refractivity (Wildman–Crippen MR) is 111 cm³/mol. The van der Waals surface area contributed by atoms with Crippen molar-refractivity contribution in [1.82, 2.24) is 20.9 Å². The zero-order valence-electron chi connectivity index (χ0n) is 17.3. The predicted octanol–water partition coefficient (Wildman–Crippen LogP) is 1.46. The van der Waals surface area contributed by atoms with Gasteiger partial charge in [0.05, 0.1) is 0 Å². The average molecular weight is 411 g/mol. The van der Waals surface area contributed by atoms with E-state index in [1.165, 1.54) is 32.1 Å². The minimum Gasteiger partial charge on any atom is -0.322 e. The van der Waals surface area contributed by atoms with Gasteiger partial charge in [0.1, 0.15) is 6.04 Å². The molecule has 4 aliphatic rings. The highest BCUT2D eigenvalue weighted by Gasteiger charge is 2.39. The fourth-order valence-corrected chi connectivity index (χ4v) is 5.69. The molecule has 0 radical (unpaired) electrons. The van der Waals surface area contributed by atoms with E-state index in [1.54, 1.807) is 4.90 Å². The van der Waals surface area contributed by atoms with Crippen LogP contribution >= 0.6 is 0 Å². The Morgan fingerprint density at radius 1 is 1.07 bits per heavy atom. The van der Waals surface area contributed by atoms with Gasteiger partial charge in [0, 0.05) is 37.2 Å². The van der Waals surface area contributed by atoms with E-state index in [2.05, 4.69) is 22.0 Å². The van der Waals surface area contributed by atoms with E-state index in [0.717, 1.165) is 42.2 Å². The van der Waals surface area contributed by atoms with Crippen LogP contribution in [0.1, 0.15) is 66.4 Å². The summed E-state index contributed by atoms with van der Waals surface area (Å²) in [6.07, 6.45) is 7.23. The van der Waals surface area contributed by atoms with Crippen LogP contribution in [0.15, 0.2) is 18.2 Å². The van der Waals surface area contributed by atoms with E-state index in [-0.39, 0.29) is 24.1 Å². The highest BCUT2D eigenvalue weighted by Crippen LogP contribution is 2.32. The summed E-state index contributed by atoms with van der Waals surface area (Å²) in [6, 6.07) is 6.90. The molecule has 4 aliphatic heterocycles. The minimum atomic E-state index is -0.551. The third-order valence-corrected chi connectivity index (χ3v) is 7.22. The standard InChI is InChI=1S/C23H30N4O3/c28-21-6-5-20(22(29)26-21)27-13-16-9-15(1-4-19(16)23(27)30)12-24-8-7-14-10-17-2-3-18(11-14)25-17/h1,4,9,14,17-18,20,24-25H,2-3,5-8,10-13H2,(H,26,28,29). The number of fused-ring (bicyclic) bond motifs is 3. The number of benzene rings is 1. The van der Waals surface area contributed by atoms with Crippen molar-refractivity contribution < 1.29 is 14.4 Å². The number of hydrogen-bond acceptors (Lipinski definition) is 5. The first kappa shape index (κ1) is 19.7. The van der Waals surface area contributed by atoms with Crippen molar-refractivity contribution in [3.8, 4) is 0 Å². The second kappa shape index (κ2) is 8.12. The van der Waals surface area contributed by atoms with Crippen LogP contribution in [-0.2, 0) is 22.7 Å². The van der Waals surface area contributed by atoms with Gasteiger partial charge in [-0.15, -0.1) is 0 Å². The maximum Gasteiger partial charge on any atom is 0.255 e. The molecule has 3 N–H and O–H groups in total. The largest absolute Gasteiger partial charge is 0.322 e. The Labute approximate surface area is 177 Å². The maximum absolute atomic E-state index is 12.8. The molecule has 3 saturated heterocycles. The van der Waals surface area contributed by atoms with Gasteiger partial charge in [-0.25, -0.2) is 0 Å². The third-order valence-electron chi connectivity index (χ3n) is 7.22. The highest BCUT2D eigenvalue weighted by molar-refractivity contribution is 6.05. The fraction of sp³-hybridized carbons (Fsp3) is 0.609. The van der Waals surface area contributed by atoms with Gasteiger partial charge in [-0.2, -0.15) is 0 Å². The van der Waals surface area contributed by atoms with Crippen LogP contribution in [0.2, 0.25) is 0 Å². The van der Waals surface area contributed by atoms with E-state index >= 15 is 0 Å². The molecule has 7 heteroatoms. The van der Waals surface area contributed by atoms with Crippen LogP contribution in [0, 0.1) is 5.92 Å². The lowest BCUT2D eigenvalue weighted by molar-refractivity contribution is -0.136. The van der Waals surface area contributed by atoms with Crippen LogP contribution < -0.4 is 16.0 Å². The normalized spacial score (nSPS) is 30.5. The molecule has 7 nitrogen and oxygen atoms in total. The molecule has 0 aromatic heterocycles. The molecule has 0 aliphatic carbocycles. The van der Waals surface area contributed by atoms with E-state index in [9.17, 15) is 14.4 Å². The van der Waals surface area contributed by atoms with E-state index in [0.29, 0.717) is 18.5 Å². The summed E-state index contributed by atoms with van der Waals surface area (Å²) in [5, 5.41) is 9.62. The number of rotatable bonds is 6. The summed E-state index contributed by atoms with van der Waals surface area (Å²) >= 11 is 0. The molecule has 3 amide bonds. The van der Waals surface area contributed by atoms with E-state index < -0.39 is 6.04 Å². The van der Waals surface area contributed by atoms with Crippen molar-refractivity contribution in [1.29, 1.82) is 0 Å². The van der Waals surface area contributed by atoms with Gasteiger partial charge in [-0.05, 0) is 68.2 Å². The highest BCUT2D eigenvalue weighted by atomic mass is 16.2. The van der Waals surface area contributed by atoms with Gasteiger partial charge in [0.15, 0.2) is 0 Å². The number of piperidine rings is 2. The van der Waals surface area contributed by atoms with Crippen LogP contribution in [-0.4, -0.2) is 47.3 Å². The molecule has 3 unspecified atom stereocenters. The summed E-state index contributed by atoms with van der Waals surface area (Å²) < 4.78 is 0. The number of nitrogens with one attached hydrogen (secondary N) is 3. The lowest BCUT2D eigenvalue weighted by Gasteiger charge is -2.29. The molecule has 2 bridgehead atoms. The number of carbonyl (C=O) groups excluding carboxylic acids is 3. The zero-order valence-corrected chi connectivity index (χ0v) is 17.3. The molecular formula is C23H30N4O3. The van der Waals surface area contributed by atoms with Crippen molar-refractivity contribution >= 4 is 17.7 Å². The van der Waals surface area contributed by atoms with Gasteiger partial charge < -0.3 is 15.5 Å². The van der Waals surface area contributed by atoms with E-state index in [1.807, 2.05) is 12.1 Å². The first-order chi connectivity index (χ1) is 14.6. The first-order valence-corrected chi connectivity index (χ1v) is 11.3.